The highest BCUT2D eigenvalue weighted by Crippen LogP contribution is 2.73. The SMILES string of the molecule is C#C.C#C.C#C.C#C.C=CC.CC.CSNc1cccc(C2=CC[C@@]3(C)C(CC[C@@]4(C)C5CC[C@@]6(C(=O)O)CCCC6[C@H]5CCC43)C2(C)C)c1. The highest BCUT2D eigenvalue weighted by molar-refractivity contribution is 7.99. The molecule has 0 aromatic heterocycles. The molecule has 1 aromatic rings. The molecule has 2 N–H and O–H groups in total. The third kappa shape index (κ3) is 8.53. The molecular formula is C46H67NO2S. The van der Waals surface area contributed by atoms with Gasteiger partial charge in [0.05, 0.1) is 5.41 Å². The number of terminal acetylenes is 4. The summed E-state index contributed by atoms with van der Waals surface area (Å²) in [7, 11) is 0. The van der Waals surface area contributed by atoms with Crippen molar-refractivity contribution in [1.29, 1.82) is 0 Å². The summed E-state index contributed by atoms with van der Waals surface area (Å²) in [4.78, 5) is 12.5. The van der Waals surface area contributed by atoms with Crippen LogP contribution in [-0.2, 0) is 4.79 Å². The number of carboxylic acid groups (broad SMARTS) is 1. The fourth-order valence-corrected chi connectivity index (χ4v) is 11.9. The van der Waals surface area contributed by atoms with E-state index in [1.54, 1.807) is 18.0 Å². The number of carboxylic acids is 1. The molecule has 4 fully saturated rings. The minimum atomic E-state index is -0.486. The van der Waals surface area contributed by atoms with Gasteiger partial charge in [-0.15, -0.1) is 58.0 Å². The molecule has 0 heterocycles. The summed E-state index contributed by atoms with van der Waals surface area (Å²) in [5.41, 5.74) is 4.50. The fraction of sp³-hybridized carbons (Fsp3) is 0.587. The number of benzene rings is 1. The highest BCUT2D eigenvalue weighted by atomic mass is 32.2. The van der Waals surface area contributed by atoms with Gasteiger partial charge in [0.1, 0.15) is 0 Å². The topological polar surface area (TPSA) is 49.3 Å². The van der Waals surface area contributed by atoms with Crippen LogP contribution in [0.5, 0.6) is 0 Å². The van der Waals surface area contributed by atoms with Crippen molar-refractivity contribution in [3.63, 3.8) is 0 Å². The van der Waals surface area contributed by atoms with Gasteiger partial charge in [-0.1, -0.05) is 84.2 Å². The lowest BCUT2D eigenvalue weighted by molar-refractivity contribution is -0.187. The number of hydrogen-bond acceptors (Lipinski definition) is 3. The van der Waals surface area contributed by atoms with Crippen molar-refractivity contribution >= 4 is 29.2 Å². The molecule has 0 aliphatic heterocycles. The van der Waals surface area contributed by atoms with E-state index in [9.17, 15) is 9.90 Å². The molecule has 274 valence electrons. The average Bonchev–Trinajstić information content (AvgIpc) is 3.59. The largest absolute Gasteiger partial charge is 0.481 e. The lowest BCUT2D eigenvalue weighted by Gasteiger charge is -2.68. The predicted molar refractivity (Wildman–Crippen MR) is 222 cm³/mol. The summed E-state index contributed by atoms with van der Waals surface area (Å²) in [6, 6.07) is 9.00. The van der Waals surface area contributed by atoms with Gasteiger partial charge in [-0.2, -0.15) is 0 Å². The summed E-state index contributed by atoms with van der Waals surface area (Å²) in [6.07, 6.45) is 50.0. The first-order valence-corrected chi connectivity index (χ1v) is 19.5. The molecule has 3 nitrogen and oxygen atoms in total. The van der Waals surface area contributed by atoms with Crippen LogP contribution < -0.4 is 4.72 Å². The summed E-state index contributed by atoms with van der Waals surface area (Å²) in [6.45, 7) is 19.6. The molecule has 4 unspecified atom stereocenters. The third-order valence-corrected chi connectivity index (χ3v) is 13.3. The third-order valence-electron chi connectivity index (χ3n) is 12.9. The quantitative estimate of drug-likeness (QED) is 0.187. The Morgan fingerprint density at radius 2 is 1.46 bits per heavy atom. The van der Waals surface area contributed by atoms with E-state index in [0.29, 0.717) is 34.5 Å². The van der Waals surface area contributed by atoms with Crippen LogP contribution in [0.25, 0.3) is 5.57 Å². The molecule has 50 heavy (non-hydrogen) atoms. The first-order chi connectivity index (χ1) is 24.0. The Kier molecular flexibility index (Phi) is 19.6. The first-order valence-electron chi connectivity index (χ1n) is 18.2. The van der Waals surface area contributed by atoms with Crippen LogP contribution in [0.15, 0.2) is 43.0 Å². The number of nitrogens with one attached hydrogen (secondary N) is 1. The van der Waals surface area contributed by atoms with Crippen molar-refractivity contribution in [3.05, 3.63) is 48.6 Å². The number of allylic oxidation sites excluding steroid dienone is 3. The molecule has 0 bridgehead atoms. The summed E-state index contributed by atoms with van der Waals surface area (Å²) < 4.78 is 3.42. The van der Waals surface area contributed by atoms with Crippen LogP contribution in [0.3, 0.4) is 0 Å². The minimum absolute atomic E-state index is 0.139. The van der Waals surface area contributed by atoms with Gasteiger partial charge in [-0.05, 0) is 134 Å². The summed E-state index contributed by atoms with van der Waals surface area (Å²) in [5.74, 6) is 2.69. The number of fused-ring (bicyclic) bond motifs is 7. The van der Waals surface area contributed by atoms with Crippen LogP contribution in [0.4, 0.5) is 5.69 Å². The molecule has 4 saturated carbocycles. The van der Waals surface area contributed by atoms with Crippen molar-refractivity contribution in [2.75, 3.05) is 11.0 Å². The van der Waals surface area contributed by atoms with E-state index < -0.39 is 11.4 Å². The molecule has 8 atom stereocenters. The molecule has 1 aromatic carbocycles. The van der Waals surface area contributed by atoms with Crippen LogP contribution >= 0.6 is 11.9 Å². The Hall–Kier alpha value is -3.44. The van der Waals surface area contributed by atoms with E-state index in [2.05, 4.69) is 127 Å². The second-order valence-corrected chi connectivity index (χ2v) is 15.5. The van der Waals surface area contributed by atoms with E-state index in [4.69, 9.17) is 0 Å². The summed E-state index contributed by atoms with van der Waals surface area (Å²) >= 11 is 1.65. The van der Waals surface area contributed by atoms with E-state index >= 15 is 0 Å². The Morgan fingerprint density at radius 3 is 2.02 bits per heavy atom. The molecule has 0 amide bonds. The second kappa shape index (κ2) is 21.0. The number of carbonyl (C=O) groups is 1. The van der Waals surface area contributed by atoms with Crippen LogP contribution in [0.1, 0.15) is 118 Å². The second-order valence-electron chi connectivity index (χ2n) is 14.8. The maximum atomic E-state index is 12.5. The number of anilines is 1. The molecule has 4 heteroatoms. The number of hydrogen-bond donors (Lipinski definition) is 2. The van der Waals surface area contributed by atoms with E-state index in [1.807, 2.05) is 20.8 Å². The standard InChI is InChI=1S/C33H47NO2S.C3H6.C2H6.4C2H2/c1-30(2)24(21-8-6-9-22(20-21)34-37-5)13-17-32(4)27(30)15-18-31(3)25-14-19-33(29(35)36)16-7-10-26(33)23(25)11-12-28(31)32;1-3-2;5*1-2/h6,8-9,13,20,23,25-28,34H,7,10-12,14-19H2,1-5H3,(H,35,36);3H,1H2,2H3;1-2H3;4*1-2H/t23-,25?,26?,27?,28?,31-,32-,33-;;;;;;/m0....../s1. The van der Waals surface area contributed by atoms with Crippen molar-refractivity contribution < 1.29 is 9.90 Å². The molecular weight excluding hydrogens is 631 g/mol. The molecule has 5 aliphatic carbocycles. The van der Waals surface area contributed by atoms with Gasteiger partial charge < -0.3 is 9.83 Å². The monoisotopic (exact) mass is 697 g/mol. The highest BCUT2D eigenvalue weighted by Gasteiger charge is 2.66. The average molecular weight is 698 g/mol. The van der Waals surface area contributed by atoms with E-state index in [-0.39, 0.29) is 5.41 Å². The lowest BCUT2D eigenvalue weighted by Crippen LogP contribution is -2.61. The van der Waals surface area contributed by atoms with Gasteiger partial charge in [-0.25, -0.2) is 0 Å². The number of rotatable bonds is 4. The fourth-order valence-electron chi connectivity index (χ4n) is 11.6. The molecule has 6 rings (SSSR count). The molecule has 5 aliphatic rings. The smallest absolute Gasteiger partial charge is 0.309 e. The molecule has 0 radical (unpaired) electrons. The van der Waals surface area contributed by atoms with Gasteiger partial charge in [0, 0.05) is 11.9 Å². The van der Waals surface area contributed by atoms with Gasteiger partial charge in [-0.3, -0.25) is 4.79 Å². The zero-order chi connectivity index (χ0) is 38.9. The zero-order valence-corrected chi connectivity index (χ0v) is 33.3. The van der Waals surface area contributed by atoms with Crippen molar-refractivity contribution in [2.45, 2.75) is 113 Å². The van der Waals surface area contributed by atoms with Crippen LogP contribution in [0, 0.1) is 103 Å². The van der Waals surface area contributed by atoms with Crippen molar-refractivity contribution in [1.82, 2.24) is 0 Å². The zero-order valence-electron chi connectivity index (χ0n) is 32.5. The Balaban J connectivity index is 0.00000165. The number of aliphatic carboxylic acids is 1. The predicted octanol–water partition coefficient (Wildman–Crippen LogP) is 12.1. The van der Waals surface area contributed by atoms with Gasteiger partial charge in [0.2, 0.25) is 0 Å². The van der Waals surface area contributed by atoms with Crippen LogP contribution in [-0.4, -0.2) is 17.3 Å². The van der Waals surface area contributed by atoms with Gasteiger partial charge >= 0.3 is 5.97 Å². The Bertz CT molecular complexity index is 1310. The Morgan fingerprint density at radius 1 is 0.860 bits per heavy atom. The molecule has 0 spiro atoms. The van der Waals surface area contributed by atoms with Gasteiger partial charge in [0.15, 0.2) is 0 Å². The van der Waals surface area contributed by atoms with Crippen molar-refractivity contribution in [3.8, 4) is 51.4 Å². The molecule has 0 saturated heterocycles. The lowest BCUT2D eigenvalue weighted by atomic mass is 9.36. The maximum absolute atomic E-state index is 12.5. The normalized spacial score (nSPS) is 33.1. The first kappa shape index (κ1) is 46.6. The summed E-state index contributed by atoms with van der Waals surface area (Å²) in [5, 5.41) is 10.3. The maximum Gasteiger partial charge on any atom is 0.309 e. The van der Waals surface area contributed by atoms with E-state index in [0.717, 1.165) is 38.0 Å². The van der Waals surface area contributed by atoms with Gasteiger partial charge in [0.25, 0.3) is 0 Å². The van der Waals surface area contributed by atoms with Crippen LogP contribution in [0.2, 0.25) is 0 Å². The van der Waals surface area contributed by atoms with Crippen molar-refractivity contribution in [2.24, 2.45) is 51.2 Å². The minimum Gasteiger partial charge on any atom is -0.481 e. The van der Waals surface area contributed by atoms with E-state index in [1.165, 1.54) is 48.9 Å². The Labute approximate surface area is 312 Å².